The van der Waals surface area contributed by atoms with Crippen LogP contribution < -0.4 is 15.4 Å². The second kappa shape index (κ2) is 9.74. The fourth-order valence-electron chi connectivity index (χ4n) is 3.97. The molecule has 2 fully saturated rings. The Labute approximate surface area is 176 Å². The van der Waals surface area contributed by atoms with Crippen molar-refractivity contribution in [3.8, 4) is 0 Å². The molecule has 3 N–H and O–H groups in total. The minimum atomic E-state index is -3.78. The lowest BCUT2D eigenvalue weighted by molar-refractivity contribution is 0.0913. The third-order valence-corrected chi connectivity index (χ3v) is 7.22. The van der Waals surface area contributed by atoms with E-state index in [0.29, 0.717) is 25.9 Å². The molecule has 166 valence electrons. The molecule has 2 aliphatic rings. The molecular formula is C20H29FN4O4S. The molecule has 0 bridgehead atoms. The van der Waals surface area contributed by atoms with E-state index in [0.717, 1.165) is 43.9 Å². The van der Waals surface area contributed by atoms with Crippen molar-refractivity contribution < 1.29 is 22.4 Å². The number of piperidine rings is 1. The maximum absolute atomic E-state index is 14.1. The number of benzene rings is 1. The summed E-state index contributed by atoms with van der Waals surface area (Å²) in [6.45, 7) is 1.00. The lowest BCUT2D eigenvalue weighted by atomic mass is 9.95. The molecule has 1 aliphatic carbocycles. The maximum Gasteiger partial charge on any atom is 0.317 e. The summed E-state index contributed by atoms with van der Waals surface area (Å²) in [5.74, 6) is -1.45. The van der Waals surface area contributed by atoms with Gasteiger partial charge >= 0.3 is 6.03 Å². The highest BCUT2D eigenvalue weighted by Crippen LogP contribution is 2.19. The lowest BCUT2D eigenvalue weighted by Gasteiger charge is -2.34. The number of rotatable bonds is 5. The molecule has 1 saturated heterocycles. The molecule has 10 heteroatoms. The van der Waals surface area contributed by atoms with Crippen LogP contribution in [0.5, 0.6) is 0 Å². The van der Waals surface area contributed by atoms with Gasteiger partial charge in [-0.1, -0.05) is 19.3 Å². The molecule has 3 rings (SSSR count). The number of nitrogens with zero attached hydrogens (tertiary/aromatic N) is 1. The molecule has 0 radical (unpaired) electrons. The van der Waals surface area contributed by atoms with Gasteiger partial charge in [0.05, 0.1) is 10.5 Å². The van der Waals surface area contributed by atoms with E-state index in [1.54, 1.807) is 4.90 Å². The largest absolute Gasteiger partial charge is 0.349 e. The van der Waals surface area contributed by atoms with Crippen molar-refractivity contribution in [3.63, 3.8) is 0 Å². The van der Waals surface area contributed by atoms with E-state index >= 15 is 0 Å². The van der Waals surface area contributed by atoms with Gasteiger partial charge in [0, 0.05) is 25.2 Å². The van der Waals surface area contributed by atoms with E-state index in [9.17, 15) is 22.4 Å². The summed E-state index contributed by atoms with van der Waals surface area (Å²) >= 11 is 0. The summed E-state index contributed by atoms with van der Waals surface area (Å²) in [7, 11) is -2.53. The molecule has 0 spiro atoms. The number of amides is 3. The molecule has 3 amide bonds. The van der Waals surface area contributed by atoms with Crippen molar-refractivity contribution in [2.45, 2.75) is 61.9 Å². The van der Waals surface area contributed by atoms with Gasteiger partial charge in [0.15, 0.2) is 0 Å². The van der Waals surface area contributed by atoms with Crippen LogP contribution >= 0.6 is 0 Å². The molecule has 0 unspecified atom stereocenters. The second-order valence-corrected chi connectivity index (χ2v) is 9.75. The van der Waals surface area contributed by atoms with Crippen molar-refractivity contribution in [1.82, 2.24) is 20.3 Å². The fraction of sp³-hybridized carbons (Fsp3) is 0.600. The van der Waals surface area contributed by atoms with E-state index in [2.05, 4.69) is 15.4 Å². The minimum absolute atomic E-state index is 0.0669. The number of sulfonamides is 1. The van der Waals surface area contributed by atoms with Gasteiger partial charge in [0.25, 0.3) is 5.91 Å². The highest BCUT2D eigenvalue weighted by molar-refractivity contribution is 7.89. The molecule has 1 saturated carbocycles. The smallest absolute Gasteiger partial charge is 0.317 e. The quantitative estimate of drug-likeness (QED) is 0.651. The Hall–Kier alpha value is -2.20. The maximum atomic E-state index is 14.1. The fourth-order valence-corrected chi connectivity index (χ4v) is 4.72. The topological polar surface area (TPSA) is 108 Å². The van der Waals surface area contributed by atoms with E-state index in [1.807, 2.05) is 0 Å². The van der Waals surface area contributed by atoms with E-state index in [-0.39, 0.29) is 28.6 Å². The Bertz CT molecular complexity index is 879. The summed E-state index contributed by atoms with van der Waals surface area (Å²) in [4.78, 5) is 26.5. The zero-order valence-electron chi connectivity index (χ0n) is 17.1. The molecule has 1 heterocycles. The molecule has 1 aromatic rings. The number of urea groups is 1. The predicted octanol–water partition coefficient (Wildman–Crippen LogP) is 1.97. The zero-order valence-corrected chi connectivity index (χ0v) is 17.9. The SMILES string of the molecule is CNS(=O)(=O)c1ccc(F)c(C(=O)NC2CCN(C(=O)NC3CCCCC3)CC2)c1. The first-order valence-corrected chi connectivity index (χ1v) is 11.9. The monoisotopic (exact) mass is 440 g/mol. The van der Waals surface area contributed by atoms with Gasteiger partial charge in [-0.25, -0.2) is 22.3 Å². The summed E-state index contributed by atoms with van der Waals surface area (Å²) < 4.78 is 40.1. The number of halogens is 1. The summed E-state index contributed by atoms with van der Waals surface area (Å²) in [6.07, 6.45) is 6.67. The van der Waals surface area contributed by atoms with Crippen LogP contribution in [0.1, 0.15) is 55.3 Å². The van der Waals surface area contributed by atoms with Gasteiger partial charge in [-0.15, -0.1) is 0 Å². The summed E-state index contributed by atoms with van der Waals surface area (Å²) in [5, 5.41) is 5.85. The Morgan fingerprint density at radius 3 is 2.27 bits per heavy atom. The molecule has 30 heavy (non-hydrogen) atoms. The average molecular weight is 441 g/mol. The van der Waals surface area contributed by atoms with Crippen LogP contribution in [0.15, 0.2) is 23.1 Å². The second-order valence-electron chi connectivity index (χ2n) is 7.87. The number of carbonyl (C=O) groups is 2. The molecular weight excluding hydrogens is 411 g/mol. The number of hydrogen-bond donors (Lipinski definition) is 3. The van der Waals surface area contributed by atoms with Crippen LogP contribution in [0, 0.1) is 5.82 Å². The predicted molar refractivity (Wildman–Crippen MR) is 110 cm³/mol. The van der Waals surface area contributed by atoms with Gasteiger partial charge in [0.2, 0.25) is 10.0 Å². The van der Waals surface area contributed by atoms with Crippen LogP contribution in [0.3, 0.4) is 0 Å². The molecule has 8 nitrogen and oxygen atoms in total. The van der Waals surface area contributed by atoms with Crippen molar-refractivity contribution in [2.75, 3.05) is 20.1 Å². The molecule has 0 atom stereocenters. The van der Waals surface area contributed by atoms with E-state index < -0.39 is 21.7 Å². The molecule has 0 aromatic heterocycles. The number of likely N-dealkylation sites (tertiary alicyclic amines) is 1. The number of nitrogens with one attached hydrogen (secondary N) is 3. The third-order valence-electron chi connectivity index (χ3n) is 5.81. The lowest BCUT2D eigenvalue weighted by Crippen LogP contribution is -2.51. The first kappa shape index (κ1) is 22.5. The van der Waals surface area contributed by atoms with Crippen LogP contribution in [-0.2, 0) is 10.0 Å². The highest BCUT2D eigenvalue weighted by Gasteiger charge is 2.27. The Morgan fingerprint density at radius 2 is 1.63 bits per heavy atom. The normalized spacial score (nSPS) is 18.8. The average Bonchev–Trinajstić information content (AvgIpc) is 2.75. The van der Waals surface area contributed by atoms with Crippen molar-refractivity contribution in [2.24, 2.45) is 0 Å². The van der Waals surface area contributed by atoms with Gasteiger partial charge in [0.1, 0.15) is 5.82 Å². The van der Waals surface area contributed by atoms with Crippen molar-refractivity contribution in [3.05, 3.63) is 29.6 Å². The van der Waals surface area contributed by atoms with E-state index in [1.165, 1.54) is 13.5 Å². The van der Waals surface area contributed by atoms with Crippen LogP contribution in [0.4, 0.5) is 9.18 Å². The Kier molecular flexibility index (Phi) is 7.30. The standard InChI is InChI=1S/C20H29FN4O4S/c1-22-30(28,29)16-7-8-18(21)17(13-16)19(26)23-15-9-11-25(12-10-15)20(27)24-14-5-3-2-4-6-14/h7-8,13-15,22H,2-6,9-12H2,1H3,(H,23,26)(H,24,27). The van der Waals surface area contributed by atoms with Crippen molar-refractivity contribution in [1.29, 1.82) is 0 Å². The zero-order chi connectivity index (χ0) is 21.7. The van der Waals surface area contributed by atoms with Gasteiger partial charge < -0.3 is 15.5 Å². The molecule has 1 aromatic carbocycles. The first-order valence-electron chi connectivity index (χ1n) is 10.4. The molecule has 1 aliphatic heterocycles. The Balaban J connectivity index is 1.54. The number of hydrogen-bond acceptors (Lipinski definition) is 4. The summed E-state index contributed by atoms with van der Waals surface area (Å²) in [6, 6.07) is 3.08. The van der Waals surface area contributed by atoms with E-state index in [4.69, 9.17) is 0 Å². The minimum Gasteiger partial charge on any atom is -0.349 e. The first-order chi connectivity index (χ1) is 14.3. The van der Waals surface area contributed by atoms with Crippen LogP contribution in [0.2, 0.25) is 0 Å². The highest BCUT2D eigenvalue weighted by atomic mass is 32.2. The number of carbonyl (C=O) groups excluding carboxylic acids is 2. The summed E-state index contributed by atoms with van der Waals surface area (Å²) in [5.41, 5.74) is -0.316. The Morgan fingerprint density at radius 1 is 1.00 bits per heavy atom. The van der Waals surface area contributed by atoms with Gasteiger partial charge in [-0.2, -0.15) is 0 Å². The van der Waals surface area contributed by atoms with Gasteiger partial charge in [-0.3, -0.25) is 4.79 Å². The van der Waals surface area contributed by atoms with Crippen LogP contribution in [0.25, 0.3) is 0 Å². The third kappa shape index (κ3) is 5.48. The van der Waals surface area contributed by atoms with Crippen LogP contribution in [-0.4, -0.2) is 57.5 Å². The van der Waals surface area contributed by atoms with Gasteiger partial charge in [-0.05, 0) is 50.9 Å². The van der Waals surface area contributed by atoms with Crippen molar-refractivity contribution >= 4 is 22.0 Å².